The predicted molar refractivity (Wildman–Crippen MR) is 79.9 cm³/mol. The molecule has 0 bridgehead atoms. The van der Waals surface area contributed by atoms with Gasteiger partial charge in [0, 0.05) is 12.5 Å². The van der Waals surface area contributed by atoms with Gasteiger partial charge in [-0.2, -0.15) is 0 Å². The number of carbonyl (C=O) groups is 2. The third-order valence-corrected chi connectivity index (χ3v) is 3.02. The number of nitrogens with two attached hydrogens (primary N) is 1. The molecule has 1 rings (SSSR count). The monoisotopic (exact) mass is 310 g/mol. The molecule has 1 aromatic rings. The van der Waals surface area contributed by atoms with E-state index < -0.39 is 29.5 Å². The molecule has 6 heteroatoms. The fourth-order valence-electron chi connectivity index (χ4n) is 1.92. The highest BCUT2D eigenvalue weighted by atomic mass is 19.1. The summed E-state index contributed by atoms with van der Waals surface area (Å²) in [5.74, 6) is -2.72. The Morgan fingerprint density at radius 2 is 1.91 bits per heavy atom. The van der Waals surface area contributed by atoms with E-state index in [0.717, 1.165) is 37.5 Å². The van der Waals surface area contributed by atoms with Gasteiger partial charge in [0.1, 0.15) is 17.7 Å². The zero-order valence-corrected chi connectivity index (χ0v) is 12.4. The Hall–Kier alpha value is -2.24. The highest BCUT2D eigenvalue weighted by molar-refractivity contribution is 5.92. The van der Waals surface area contributed by atoms with Crippen LogP contribution in [0.4, 0.5) is 8.78 Å². The maximum atomic E-state index is 13.1. The van der Waals surface area contributed by atoms with Crippen LogP contribution in [0.2, 0.25) is 0 Å². The molecular formula is C16H20F2N2O2. The van der Waals surface area contributed by atoms with Gasteiger partial charge in [-0.1, -0.05) is 25.8 Å². The lowest BCUT2D eigenvalue weighted by molar-refractivity contribution is -0.124. The van der Waals surface area contributed by atoms with Gasteiger partial charge in [-0.15, -0.1) is 0 Å². The minimum atomic E-state index is -1.02. The van der Waals surface area contributed by atoms with Crippen LogP contribution < -0.4 is 11.1 Å². The summed E-state index contributed by atoms with van der Waals surface area (Å²) in [6, 6.07) is 1.91. The largest absolute Gasteiger partial charge is 0.368 e. The van der Waals surface area contributed by atoms with Crippen molar-refractivity contribution in [3.05, 3.63) is 47.5 Å². The molecule has 0 aliphatic heterocycles. The Morgan fingerprint density at radius 3 is 2.45 bits per heavy atom. The van der Waals surface area contributed by atoms with Crippen LogP contribution in [0.5, 0.6) is 0 Å². The van der Waals surface area contributed by atoms with E-state index in [4.69, 9.17) is 5.73 Å². The molecule has 0 aromatic heterocycles. The Labute approximate surface area is 128 Å². The molecule has 0 unspecified atom stereocenters. The van der Waals surface area contributed by atoms with E-state index in [1.807, 2.05) is 6.92 Å². The van der Waals surface area contributed by atoms with Gasteiger partial charge in [0.2, 0.25) is 11.8 Å². The summed E-state index contributed by atoms with van der Waals surface area (Å²) in [6.45, 7) is 2.04. The van der Waals surface area contributed by atoms with E-state index in [9.17, 15) is 18.4 Å². The topological polar surface area (TPSA) is 72.2 Å². The molecule has 0 fully saturated rings. The van der Waals surface area contributed by atoms with E-state index in [2.05, 4.69) is 5.32 Å². The van der Waals surface area contributed by atoms with Gasteiger partial charge in [0.15, 0.2) is 0 Å². The summed E-state index contributed by atoms with van der Waals surface area (Å²) in [7, 11) is 0. The summed E-state index contributed by atoms with van der Waals surface area (Å²) in [5.41, 5.74) is 5.47. The van der Waals surface area contributed by atoms with Crippen LogP contribution in [-0.4, -0.2) is 17.9 Å². The molecule has 4 nitrogen and oxygen atoms in total. The van der Waals surface area contributed by atoms with Crippen LogP contribution in [0.3, 0.4) is 0 Å². The van der Waals surface area contributed by atoms with Crippen LogP contribution in [0.15, 0.2) is 30.4 Å². The first-order chi connectivity index (χ1) is 10.4. The molecule has 0 heterocycles. The van der Waals surface area contributed by atoms with Crippen molar-refractivity contribution >= 4 is 11.8 Å². The third-order valence-electron chi connectivity index (χ3n) is 3.02. The molecule has 1 atom stereocenters. The predicted octanol–water partition coefficient (Wildman–Crippen LogP) is 2.22. The number of hydrogen-bond acceptors (Lipinski definition) is 2. The van der Waals surface area contributed by atoms with Crippen molar-refractivity contribution in [2.24, 2.45) is 5.73 Å². The van der Waals surface area contributed by atoms with Gasteiger partial charge < -0.3 is 11.1 Å². The van der Waals surface area contributed by atoms with Crippen LogP contribution >= 0.6 is 0 Å². The van der Waals surface area contributed by atoms with Gasteiger partial charge in [-0.3, -0.25) is 9.59 Å². The quantitative estimate of drug-likeness (QED) is 0.571. The molecule has 3 N–H and O–H groups in total. The van der Waals surface area contributed by atoms with Crippen molar-refractivity contribution in [2.45, 2.75) is 38.6 Å². The summed E-state index contributed by atoms with van der Waals surface area (Å²) in [4.78, 5) is 23.1. The standard InChI is InChI=1S/C16H20F2N2O2/c1-2-3-4-5-6-15(21)20-14(16(19)22)9-11-7-12(17)10-13(18)8-11/h5-8,10,14H,2-4,9H2,1H3,(H2,19,22)(H,20,21)/b6-5+/t14-/m0/s1. The molecule has 120 valence electrons. The lowest BCUT2D eigenvalue weighted by Crippen LogP contribution is -2.45. The lowest BCUT2D eigenvalue weighted by atomic mass is 10.0. The number of halogens is 2. The van der Waals surface area contributed by atoms with E-state index >= 15 is 0 Å². The zero-order chi connectivity index (χ0) is 16.5. The number of benzene rings is 1. The minimum absolute atomic E-state index is 0.0709. The Balaban J connectivity index is 2.67. The van der Waals surface area contributed by atoms with Gasteiger partial charge in [0.25, 0.3) is 0 Å². The molecule has 0 aliphatic carbocycles. The number of allylic oxidation sites excluding steroid dienone is 1. The second-order valence-electron chi connectivity index (χ2n) is 4.99. The maximum Gasteiger partial charge on any atom is 0.244 e. The number of nitrogens with one attached hydrogen (secondary N) is 1. The van der Waals surface area contributed by atoms with E-state index in [1.165, 1.54) is 6.08 Å². The van der Waals surface area contributed by atoms with Gasteiger partial charge >= 0.3 is 0 Å². The summed E-state index contributed by atoms with van der Waals surface area (Å²) in [5, 5.41) is 2.44. The summed E-state index contributed by atoms with van der Waals surface area (Å²) < 4.78 is 26.3. The zero-order valence-electron chi connectivity index (χ0n) is 12.4. The summed E-state index contributed by atoms with van der Waals surface area (Å²) in [6.07, 6.45) is 5.71. The molecule has 1 aromatic carbocycles. The number of carbonyl (C=O) groups excluding carboxylic acids is 2. The summed E-state index contributed by atoms with van der Waals surface area (Å²) >= 11 is 0. The van der Waals surface area contributed by atoms with Crippen molar-refractivity contribution in [1.82, 2.24) is 5.32 Å². The third kappa shape index (κ3) is 6.47. The Morgan fingerprint density at radius 1 is 1.27 bits per heavy atom. The Kier molecular flexibility index (Phi) is 7.22. The molecule has 0 spiro atoms. The van der Waals surface area contributed by atoms with Crippen molar-refractivity contribution in [2.75, 3.05) is 0 Å². The van der Waals surface area contributed by atoms with Gasteiger partial charge in [-0.25, -0.2) is 8.78 Å². The maximum absolute atomic E-state index is 13.1. The average molecular weight is 310 g/mol. The normalized spacial score (nSPS) is 12.3. The second-order valence-corrected chi connectivity index (χ2v) is 4.99. The number of rotatable bonds is 8. The molecule has 0 saturated carbocycles. The lowest BCUT2D eigenvalue weighted by Gasteiger charge is -2.14. The average Bonchev–Trinajstić information content (AvgIpc) is 2.41. The van der Waals surface area contributed by atoms with Crippen molar-refractivity contribution in [3.63, 3.8) is 0 Å². The SMILES string of the molecule is CCCC/C=C/C(=O)N[C@@H](Cc1cc(F)cc(F)c1)C(N)=O. The molecule has 0 aliphatic rings. The van der Waals surface area contributed by atoms with Crippen LogP contribution in [0.1, 0.15) is 31.7 Å². The minimum Gasteiger partial charge on any atom is -0.368 e. The molecule has 0 saturated heterocycles. The van der Waals surface area contributed by atoms with Crippen molar-refractivity contribution < 1.29 is 18.4 Å². The first-order valence-corrected chi connectivity index (χ1v) is 7.13. The Bertz CT molecular complexity index is 539. The van der Waals surface area contributed by atoms with E-state index in [-0.39, 0.29) is 12.0 Å². The van der Waals surface area contributed by atoms with Crippen LogP contribution in [0, 0.1) is 11.6 Å². The number of unbranched alkanes of at least 4 members (excludes halogenated alkanes) is 2. The highest BCUT2D eigenvalue weighted by Crippen LogP contribution is 2.10. The molecule has 0 radical (unpaired) electrons. The number of amides is 2. The smallest absolute Gasteiger partial charge is 0.244 e. The highest BCUT2D eigenvalue weighted by Gasteiger charge is 2.18. The first kappa shape index (κ1) is 17.8. The molecule has 2 amide bonds. The fourth-order valence-corrected chi connectivity index (χ4v) is 1.92. The fraction of sp³-hybridized carbons (Fsp3) is 0.375. The van der Waals surface area contributed by atoms with Crippen molar-refractivity contribution in [1.29, 1.82) is 0 Å². The molecule has 22 heavy (non-hydrogen) atoms. The van der Waals surface area contributed by atoms with Gasteiger partial charge in [0.05, 0.1) is 0 Å². The van der Waals surface area contributed by atoms with Gasteiger partial charge in [-0.05, 0) is 30.2 Å². The number of hydrogen-bond donors (Lipinski definition) is 2. The van der Waals surface area contributed by atoms with Crippen LogP contribution in [0.25, 0.3) is 0 Å². The van der Waals surface area contributed by atoms with Crippen LogP contribution in [-0.2, 0) is 16.0 Å². The van der Waals surface area contributed by atoms with E-state index in [1.54, 1.807) is 6.08 Å². The van der Waals surface area contributed by atoms with Crippen molar-refractivity contribution in [3.8, 4) is 0 Å². The first-order valence-electron chi connectivity index (χ1n) is 7.13. The molecular weight excluding hydrogens is 290 g/mol. The van der Waals surface area contributed by atoms with E-state index in [0.29, 0.717) is 0 Å². The second kappa shape index (κ2) is 8.92. The number of primary amides is 1.